The van der Waals surface area contributed by atoms with Crippen LogP contribution >= 0.6 is 0 Å². The Morgan fingerprint density at radius 3 is 2.72 bits per heavy atom. The zero-order valence-corrected chi connectivity index (χ0v) is 10.9. The summed E-state index contributed by atoms with van der Waals surface area (Å²) in [7, 11) is 0. The fraction of sp³-hybridized carbons (Fsp3) is 0.533. The van der Waals surface area contributed by atoms with Gasteiger partial charge in [-0.1, -0.05) is 29.8 Å². The summed E-state index contributed by atoms with van der Waals surface area (Å²) in [6, 6.07) is 8.51. The molecular weight excluding hydrogens is 226 g/mol. The van der Waals surface area contributed by atoms with E-state index in [9.17, 15) is 4.79 Å². The summed E-state index contributed by atoms with van der Waals surface area (Å²) in [6.07, 6.45) is 2.92. The highest BCUT2D eigenvalue weighted by Crippen LogP contribution is 2.29. The van der Waals surface area contributed by atoms with Gasteiger partial charge in [0.2, 0.25) is 0 Å². The Morgan fingerprint density at radius 2 is 2.06 bits per heavy atom. The van der Waals surface area contributed by atoms with Crippen molar-refractivity contribution < 1.29 is 9.53 Å². The average Bonchev–Trinajstić information content (AvgIpc) is 3.19. The van der Waals surface area contributed by atoms with E-state index in [1.807, 2.05) is 0 Å². The van der Waals surface area contributed by atoms with Crippen molar-refractivity contribution in [3.05, 3.63) is 35.4 Å². The fourth-order valence-corrected chi connectivity index (χ4v) is 1.75. The van der Waals surface area contributed by atoms with Gasteiger partial charge in [0.15, 0.2) is 0 Å². The van der Waals surface area contributed by atoms with Gasteiger partial charge in [-0.2, -0.15) is 0 Å². The smallest absolute Gasteiger partial charge is 0.308 e. The maximum Gasteiger partial charge on any atom is 0.308 e. The molecule has 3 heteroatoms. The SMILES string of the molecule is Cc1ccc(CNCCCOC(=O)C2CC2)cc1. The molecule has 1 aliphatic rings. The fourth-order valence-electron chi connectivity index (χ4n) is 1.75. The monoisotopic (exact) mass is 247 g/mol. The maximum absolute atomic E-state index is 11.2. The molecule has 1 saturated carbocycles. The van der Waals surface area contributed by atoms with E-state index in [4.69, 9.17) is 4.74 Å². The third-order valence-electron chi connectivity index (χ3n) is 3.10. The molecule has 0 spiro atoms. The number of rotatable bonds is 7. The molecule has 0 amide bonds. The second kappa shape index (κ2) is 6.55. The maximum atomic E-state index is 11.2. The van der Waals surface area contributed by atoms with Gasteiger partial charge >= 0.3 is 5.97 Å². The minimum Gasteiger partial charge on any atom is -0.465 e. The summed E-state index contributed by atoms with van der Waals surface area (Å²) >= 11 is 0. The Balaban J connectivity index is 1.50. The van der Waals surface area contributed by atoms with E-state index in [0.717, 1.165) is 32.4 Å². The van der Waals surface area contributed by atoms with Crippen LogP contribution in [0, 0.1) is 12.8 Å². The number of nitrogens with one attached hydrogen (secondary N) is 1. The van der Waals surface area contributed by atoms with Gasteiger partial charge in [-0.15, -0.1) is 0 Å². The number of carbonyl (C=O) groups excluding carboxylic acids is 1. The lowest BCUT2D eigenvalue weighted by Crippen LogP contribution is -2.17. The molecule has 0 bridgehead atoms. The van der Waals surface area contributed by atoms with Crippen molar-refractivity contribution in [2.75, 3.05) is 13.2 Å². The van der Waals surface area contributed by atoms with Gasteiger partial charge in [-0.05, 0) is 38.3 Å². The Morgan fingerprint density at radius 1 is 1.33 bits per heavy atom. The van der Waals surface area contributed by atoms with Crippen LogP contribution < -0.4 is 5.32 Å². The van der Waals surface area contributed by atoms with Crippen molar-refractivity contribution >= 4 is 5.97 Å². The van der Waals surface area contributed by atoms with E-state index in [1.165, 1.54) is 11.1 Å². The minimum absolute atomic E-state index is 0.00599. The van der Waals surface area contributed by atoms with Crippen molar-refractivity contribution in [3.8, 4) is 0 Å². The Hall–Kier alpha value is -1.35. The second-order valence-corrected chi connectivity index (χ2v) is 4.96. The molecule has 0 saturated heterocycles. The second-order valence-electron chi connectivity index (χ2n) is 4.96. The summed E-state index contributed by atoms with van der Waals surface area (Å²) in [6.45, 7) is 4.38. The molecule has 1 N–H and O–H groups in total. The number of aryl methyl sites for hydroxylation is 1. The zero-order valence-electron chi connectivity index (χ0n) is 10.9. The zero-order chi connectivity index (χ0) is 12.8. The van der Waals surface area contributed by atoms with Crippen LogP contribution in [0.5, 0.6) is 0 Å². The summed E-state index contributed by atoms with van der Waals surface area (Å²) in [5.41, 5.74) is 2.57. The highest BCUT2D eigenvalue weighted by molar-refractivity contribution is 5.74. The van der Waals surface area contributed by atoms with Gasteiger partial charge < -0.3 is 10.1 Å². The summed E-state index contributed by atoms with van der Waals surface area (Å²) in [5, 5.41) is 3.35. The molecule has 0 unspecified atom stereocenters. The lowest BCUT2D eigenvalue weighted by molar-refractivity contribution is -0.145. The summed E-state index contributed by atoms with van der Waals surface area (Å²) in [5.74, 6) is 0.207. The van der Waals surface area contributed by atoms with Gasteiger partial charge in [0.05, 0.1) is 12.5 Å². The van der Waals surface area contributed by atoms with E-state index >= 15 is 0 Å². The standard InChI is InChI=1S/C15H21NO2/c1-12-3-5-13(6-4-12)11-16-9-2-10-18-15(17)14-7-8-14/h3-6,14,16H,2,7-11H2,1H3. The molecule has 2 rings (SSSR count). The molecule has 1 fully saturated rings. The van der Waals surface area contributed by atoms with Gasteiger partial charge in [0.1, 0.15) is 0 Å². The van der Waals surface area contributed by atoms with Crippen molar-refractivity contribution in [2.24, 2.45) is 5.92 Å². The number of hydrogen-bond acceptors (Lipinski definition) is 3. The number of hydrogen-bond donors (Lipinski definition) is 1. The van der Waals surface area contributed by atoms with Crippen LogP contribution in [-0.4, -0.2) is 19.1 Å². The first-order chi connectivity index (χ1) is 8.75. The van der Waals surface area contributed by atoms with E-state index in [0.29, 0.717) is 6.61 Å². The highest BCUT2D eigenvalue weighted by Gasteiger charge is 2.30. The summed E-state index contributed by atoms with van der Waals surface area (Å²) < 4.78 is 5.16. The number of carbonyl (C=O) groups is 1. The van der Waals surface area contributed by atoms with Gasteiger partial charge in [-0.3, -0.25) is 4.79 Å². The highest BCUT2D eigenvalue weighted by atomic mass is 16.5. The largest absolute Gasteiger partial charge is 0.465 e. The lowest BCUT2D eigenvalue weighted by atomic mass is 10.1. The number of benzene rings is 1. The molecule has 0 aromatic heterocycles. The number of esters is 1. The normalized spacial score (nSPS) is 14.5. The molecule has 3 nitrogen and oxygen atoms in total. The third-order valence-corrected chi connectivity index (χ3v) is 3.10. The molecule has 98 valence electrons. The molecule has 1 aliphatic carbocycles. The summed E-state index contributed by atoms with van der Waals surface area (Å²) in [4.78, 5) is 11.2. The van der Waals surface area contributed by atoms with Crippen molar-refractivity contribution in [1.29, 1.82) is 0 Å². The first-order valence-electron chi connectivity index (χ1n) is 6.68. The van der Waals surface area contributed by atoms with Gasteiger partial charge in [0.25, 0.3) is 0 Å². The quantitative estimate of drug-likeness (QED) is 0.594. The van der Waals surface area contributed by atoms with Gasteiger partial charge in [-0.25, -0.2) is 0 Å². The van der Waals surface area contributed by atoms with Crippen LogP contribution in [0.25, 0.3) is 0 Å². The van der Waals surface area contributed by atoms with Crippen LogP contribution in [0.1, 0.15) is 30.4 Å². The van der Waals surface area contributed by atoms with Crippen molar-refractivity contribution in [1.82, 2.24) is 5.32 Å². The molecule has 1 aromatic carbocycles. The predicted molar refractivity (Wildman–Crippen MR) is 71.2 cm³/mol. The predicted octanol–water partition coefficient (Wildman–Crippen LogP) is 2.43. The van der Waals surface area contributed by atoms with Crippen molar-refractivity contribution in [3.63, 3.8) is 0 Å². The van der Waals surface area contributed by atoms with Crippen LogP contribution in [-0.2, 0) is 16.1 Å². The van der Waals surface area contributed by atoms with Gasteiger partial charge in [0, 0.05) is 6.54 Å². The molecule has 0 atom stereocenters. The van der Waals surface area contributed by atoms with Crippen LogP contribution in [0.2, 0.25) is 0 Å². The molecule has 0 radical (unpaired) electrons. The van der Waals surface area contributed by atoms with Crippen molar-refractivity contribution in [2.45, 2.75) is 32.7 Å². The third kappa shape index (κ3) is 4.49. The Labute approximate surface area is 109 Å². The lowest BCUT2D eigenvalue weighted by Gasteiger charge is -2.06. The molecule has 0 heterocycles. The molecule has 1 aromatic rings. The topological polar surface area (TPSA) is 38.3 Å². The van der Waals surface area contributed by atoms with Crippen LogP contribution in [0.4, 0.5) is 0 Å². The van der Waals surface area contributed by atoms with E-state index in [2.05, 4.69) is 36.5 Å². The van der Waals surface area contributed by atoms with E-state index in [-0.39, 0.29) is 11.9 Å². The molecule has 0 aliphatic heterocycles. The molecule has 18 heavy (non-hydrogen) atoms. The Bertz CT molecular complexity index is 382. The average molecular weight is 247 g/mol. The Kier molecular flexibility index (Phi) is 4.76. The van der Waals surface area contributed by atoms with Crippen LogP contribution in [0.15, 0.2) is 24.3 Å². The van der Waals surface area contributed by atoms with E-state index < -0.39 is 0 Å². The molecular formula is C15H21NO2. The first-order valence-corrected chi connectivity index (χ1v) is 6.68. The minimum atomic E-state index is -0.00599. The van der Waals surface area contributed by atoms with Crippen LogP contribution in [0.3, 0.4) is 0 Å². The first kappa shape index (κ1) is 13.1. The number of ether oxygens (including phenoxy) is 1. The van der Waals surface area contributed by atoms with E-state index in [1.54, 1.807) is 0 Å².